The van der Waals surface area contributed by atoms with Crippen LogP contribution in [0.3, 0.4) is 0 Å². The minimum atomic E-state index is -0.371. The van der Waals surface area contributed by atoms with Crippen molar-refractivity contribution in [3.8, 4) is 5.75 Å². The van der Waals surface area contributed by atoms with Gasteiger partial charge in [0.1, 0.15) is 17.2 Å². The van der Waals surface area contributed by atoms with E-state index < -0.39 is 0 Å². The minimum Gasteiger partial charge on any atom is -0.487 e. The summed E-state index contributed by atoms with van der Waals surface area (Å²) in [7, 11) is 0. The van der Waals surface area contributed by atoms with E-state index in [2.05, 4.69) is 0 Å². The average Bonchev–Trinajstić information content (AvgIpc) is 2.16. The van der Waals surface area contributed by atoms with E-state index in [1.807, 2.05) is 20.8 Å². The highest BCUT2D eigenvalue weighted by atomic mass is 19.1. The van der Waals surface area contributed by atoms with Gasteiger partial charge in [0, 0.05) is 11.6 Å². The summed E-state index contributed by atoms with van der Waals surface area (Å²) in [6, 6.07) is 4.44. The molecule has 0 amide bonds. The molecule has 0 heterocycles. The topological polar surface area (TPSA) is 35.2 Å². The molecule has 0 saturated heterocycles. The second-order valence-corrected chi connectivity index (χ2v) is 4.66. The van der Waals surface area contributed by atoms with Crippen LogP contribution >= 0.6 is 0 Å². The normalized spacial score (nSPS) is 13.6. The van der Waals surface area contributed by atoms with Crippen molar-refractivity contribution in [1.82, 2.24) is 0 Å². The summed E-state index contributed by atoms with van der Waals surface area (Å²) in [6.45, 7) is 7.74. The fourth-order valence-electron chi connectivity index (χ4n) is 1.42. The zero-order chi connectivity index (χ0) is 12.3. The van der Waals surface area contributed by atoms with Gasteiger partial charge in [-0.1, -0.05) is 13.0 Å². The highest BCUT2D eigenvalue weighted by molar-refractivity contribution is 5.37. The molecule has 0 bridgehead atoms. The van der Waals surface area contributed by atoms with Gasteiger partial charge in [-0.3, -0.25) is 0 Å². The van der Waals surface area contributed by atoms with Crippen LogP contribution in [0.5, 0.6) is 5.75 Å². The lowest BCUT2D eigenvalue weighted by Gasteiger charge is -2.27. The Morgan fingerprint density at radius 1 is 1.44 bits per heavy atom. The van der Waals surface area contributed by atoms with Gasteiger partial charge in [-0.25, -0.2) is 4.39 Å². The van der Waals surface area contributed by atoms with Gasteiger partial charge in [0.2, 0.25) is 0 Å². The molecule has 2 nitrogen and oxygen atoms in total. The summed E-state index contributed by atoms with van der Waals surface area (Å²) in [4.78, 5) is 0. The molecule has 90 valence electrons. The molecular weight excluding hydrogens is 205 g/mol. The van der Waals surface area contributed by atoms with Gasteiger partial charge in [0.05, 0.1) is 0 Å². The fraction of sp³-hybridized carbons (Fsp3) is 0.538. The van der Waals surface area contributed by atoms with Gasteiger partial charge in [-0.2, -0.15) is 0 Å². The molecule has 0 fully saturated rings. The van der Waals surface area contributed by atoms with Gasteiger partial charge in [0.15, 0.2) is 0 Å². The number of hydrogen-bond acceptors (Lipinski definition) is 2. The Balaban J connectivity index is 3.09. The molecule has 3 heteroatoms. The van der Waals surface area contributed by atoms with Crippen LogP contribution in [0.4, 0.5) is 4.39 Å². The summed E-state index contributed by atoms with van der Waals surface area (Å²) < 4.78 is 19.4. The van der Waals surface area contributed by atoms with Crippen LogP contribution in [0, 0.1) is 5.82 Å². The first-order valence-electron chi connectivity index (χ1n) is 5.60. The SMILES string of the molecule is CCC(C)(C)Oc1cccc(F)c1[C@H](C)N. The predicted molar refractivity (Wildman–Crippen MR) is 64.0 cm³/mol. The van der Waals surface area contributed by atoms with Crippen molar-refractivity contribution >= 4 is 0 Å². The molecule has 0 unspecified atom stereocenters. The van der Waals surface area contributed by atoms with E-state index in [1.54, 1.807) is 19.1 Å². The molecule has 1 aromatic rings. The number of halogens is 1. The predicted octanol–water partition coefficient (Wildman–Crippen LogP) is 3.41. The van der Waals surface area contributed by atoms with Crippen molar-refractivity contribution < 1.29 is 9.13 Å². The van der Waals surface area contributed by atoms with E-state index >= 15 is 0 Å². The van der Waals surface area contributed by atoms with E-state index in [0.717, 1.165) is 6.42 Å². The fourth-order valence-corrected chi connectivity index (χ4v) is 1.42. The zero-order valence-corrected chi connectivity index (χ0v) is 10.4. The average molecular weight is 225 g/mol. The lowest BCUT2D eigenvalue weighted by molar-refractivity contribution is 0.103. The Bertz CT molecular complexity index is 361. The third kappa shape index (κ3) is 2.95. The molecule has 1 rings (SSSR count). The molecule has 0 spiro atoms. The van der Waals surface area contributed by atoms with Gasteiger partial charge >= 0.3 is 0 Å². The second kappa shape index (κ2) is 4.83. The molecule has 0 saturated carbocycles. The Kier molecular flexibility index (Phi) is 3.92. The number of nitrogens with two attached hydrogens (primary N) is 1. The molecule has 2 N–H and O–H groups in total. The van der Waals surface area contributed by atoms with Crippen LogP contribution in [-0.2, 0) is 0 Å². The number of benzene rings is 1. The van der Waals surface area contributed by atoms with Crippen molar-refractivity contribution in [3.05, 3.63) is 29.6 Å². The Morgan fingerprint density at radius 2 is 2.06 bits per heavy atom. The smallest absolute Gasteiger partial charge is 0.131 e. The largest absolute Gasteiger partial charge is 0.487 e. The van der Waals surface area contributed by atoms with E-state index in [0.29, 0.717) is 11.3 Å². The van der Waals surface area contributed by atoms with Gasteiger partial charge in [-0.15, -0.1) is 0 Å². The van der Waals surface area contributed by atoms with Crippen LogP contribution in [0.1, 0.15) is 45.7 Å². The monoisotopic (exact) mass is 225 g/mol. The lowest BCUT2D eigenvalue weighted by Crippen LogP contribution is -2.28. The zero-order valence-electron chi connectivity index (χ0n) is 10.4. The van der Waals surface area contributed by atoms with Crippen LogP contribution in [0.15, 0.2) is 18.2 Å². The molecule has 1 aromatic carbocycles. The quantitative estimate of drug-likeness (QED) is 0.852. The minimum absolute atomic E-state index is 0.306. The summed E-state index contributed by atoms with van der Waals surface area (Å²) in [6.07, 6.45) is 0.849. The van der Waals surface area contributed by atoms with Crippen LogP contribution in [0.2, 0.25) is 0 Å². The van der Waals surface area contributed by atoms with Crippen LogP contribution < -0.4 is 10.5 Å². The first-order valence-corrected chi connectivity index (χ1v) is 5.60. The van der Waals surface area contributed by atoms with E-state index in [9.17, 15) is 4.39 Å². The molecule has 0 aromatic heterocycles. The molecule has 0 radical (unpaired) electrons. The van der Waals surface area contributed by atoms with E-state index in [1.165, 1.54) is 6.07 Å². The summed E-state index contributed by atoms with van der Waals surface area (Å²) in [5.41, 5.74) is 5.90. The Hall–Kier alpha value is -1.09. The number of ether oxygens (including phenoxy) is 1. The van der Waals surface area contributed by atoms with Crippen molar-refractivity contribution in [2.45, 2.75) is 45.8 Å². The molecular formula is C13H20FNO. The van der Waals surface area contributed by atoms with Gasteiger partial charge in [0.25, 0.3) is 0 Å². The summed E-state index contributed by atoms with van der Waals surface area (Å²) >= 11 is 0. The van der Waals surface area contributed by atoms with Crippen molar-refractivity contribution in [2.24, 2.45) is 5.73 Å². The van der Waals surface area contributed by atoms with Crippen LogP contribution in [0.25, 0.3) is 0 Å². The molecule has 0 aliphatic rings. The summed E-state index contributed by atoms with van der Waals surface area (Å²) in [5, 5.41) is 0. The molecule has 1 atom stereocenters. The Labute approximate surface area is 96.6 Å². The van der Waals surface area contributed by atoms with Crippen molar-refractivity contribution in [2.75, 3.05) is 0 Å². The highest BCUT2D eigenvalue weighted by Gasteiger charge is 2.21. The van der Waals surface area contributed by atoms with Crippen molar-refractivity contribution in [1.29, 1.82) is 0 Å². The molecule has 0 aliphatic carbocycles. The number of rotatable bonds is 4. The molecule has 0 aliphatic heterocycles. The first-order chi connectivity index (χ1) is 7.37. The van der Waals surface area contributed by atoms with Crippen LogP contribution in [-0.4, -0.2) is 5.60 Å². The van der Waals surface area contributed by atoms with E-state index in [4.69, 9.17) is 10.5 Å². The maximum Gasteiger partial charge on any atom is 0.131 e. The molecule has 16 heavy (non-hydrogen) atoms. The third-order valence-corrected chi connectivity index (χ3v) is 2.71. The number of hydrogen-bond donors (Lipinski definition) is 1. The third-order valence-electron chi connectivity index (χ3n) is 2.71. The summed E-state index contributed by atoms with van der Waals surface area (Å²) in [5.74, 6) is 0.237. The van der Waals surface area contributed by atoms with Gasteiger partial charge in [-0.05, 0) is 39.3 Å². The first kappa shape index (κ1) is 13.0. The van der Waals surface area contributed by atoms with Crippen molar-refractivity contribution in [3.63, 3.8) is 0 Å². The maximum absolute atomic E-state index is 13.6. The van der Waals surface area contributed by atoms with Gasteiger partial charge < -0.3 is 10.5 Å². The van der Waals surface area contributed by atoms with E-state index in [-0.39, 0.29) is 17.5 Å². The Morgan fingerprint density at radius 3 is 2.56 bits per heavy atom. The second-order valence-electron chi connectivity index (χ2n) is 4.66. The maximum atomic E-state index is 13.6. The standard InChI is InChI=1S/C13H20FNO/c1-5-13(3,4)16-11-8-6-7-10(14)12(11)9(2)15/h6-9H,5,15H2,1-4H3/t9-/m0/s1. The highest BCUT2D eigenvalue weighted by Crippen LogP contribution is 2.30. The lowest BCUT2D eigenvalue weighted by atomic mass is 10.0.